The highest BCUT2D eigenvalue weighted by Gasteiger charge is 2.74. The minimum atomic E-state index is -0.807. The van der Waals surface area contributed by atoms with Gasteiger partial charge in [-0.05, 0) is 97.3 Å². The number of Topliss-reactive ketones (excluding diaryl/α,β-unsaturated/α-hetero) is 1. The molecule has 2 bridgehead atoms. The van der Waals surface area contributed by atoms with Gasteiger partial charge < -0.3 is 10.2 Å². The Kier molecular flexibility index (Phi) is 6.05. The Morgan fingerprint density at radius 1 is 0.933 bits per heavy atom. The molecule has 45 heavy (non-hydrogen) atoms. The third kappa shape index (κ3) is 3.67. The monoisotopic (exact) mass is 619 g/mol. The van der Waals surface area contributed by atoms with Gasteiger partial charge in [0.15, 0.2) is 5.78 Å². The predicted molar refractivity (Wildman–Crippen MR) is 180 cm³/mol. The van der Waals surface area contributed by atoms with Crippen molar-refractivity contribution in [1.29, 1.82) is 0 Å². The number of thiophene rings is 1. The van der Waals surface area contributed by atoms with Crippen molar-refractivity contribution in [2.75, 3.05) is 13.1 Å². The van der Waals surface area contributed by atoms with Crippen molar-refractivity contribution in [2.45, 2.75) is 83.5 Å². The Bertz CT molecular complexity index is 1760. The number of ketones is 1. The highest BCUT2D eigenvalue weighted by atomic mass is 32.1. The summed E-state index contributed by atoms with van der Waals surface area (Å²) in [6, 6.07) is 19.2. The minimum absolute atomic E-state index is 0.0104. The Hall–Kier alpha value is -2.57. The summed E-state index contributed by atoms with van der Waals surface area (Å²) in [6.07, 6.45) is 14.1. The molecule has 0 saturated heterocycles. The molecule has 234 valence electrons. The number of allylic oxidation sites excluding steroid dienone is 4. The van der Waals surface area contributed by atoms with E-state index in [1.807, 2.05) is 12.1 Å². The molecule has 6 aliphatic carbocycles. The fourth-order valence-corrected chi connectivity index (χ4v) is 12.9. The van der Waals surface area contributed by atoms with E-state index in [0.717, 1.165) is 78.6 Å². The summed E-state index contributed by atoms with van der Waals surface area (Å²) in [4.78, 5) is 18.2. The highest BCUT2D eigenvalue weighted by Crippen LogP contribution is 2.78. The van der Waals surface area contributed by atoms with Gasteiger partial charge in [0, 0.05) is 46.2 Å². The number of hydrogen-bond acceptors (Lipinski definition) is 5. The van der Waals surface area contributed by atoms with Gasteiger partial charge in [-0.2, -0.15) is 0 Å². The molecule has 7 aliphatic rings. The van der Waals surface area contributed by atoms with E-state index in [0.29, 0.717) is 18.9 Å². The van der Waals surface area contributed by atoms with E-state index in [-0.39, 0.29) is 34.1 Å². The minimum Gasteiger partial charge on any atom is -0.393 e. The lowest BCUT2D eigenvalue weighted by Crippen LogP contribution is -2.67. The number of carbonyl (C=O) groups excluding carboxylic acids is 1. The standard InChI is InChI=1S/C40H45NO3S/c1-36-15-11-29(42)22-38(36)18-19-40(30(23-38)35(43)32-21-27-8-5-6-10-31(27)45-32)33(36)12-16-37(2)34(40)13-17-39(37,44)25-41-20-14-26-7-3-4-9-28(26)24-41/h3-10,18-19,21,23,29,33-34,42,44H,11-17,20,22,24-25H2,1-2H3/t29?,33-,34-,36-,37+,38+,39-,40-/m1/s1. The maximum absolute atomic E-state index is 14.9. The molecule has 1 unspecified atom stereocenters. The van der Waals surface area contributed by atoms with Gasteiger partial charge in [0.1, 0.15) is 0 Å². The number of carbonyl (C=O) groups is 1. The highest BCUT2D eigenvalue weighted by molar-refractivity contribution is 7.21. The molecule has 2 heterocycles. The van der Waals surface area contributed by atoms with Gasteiger partial charge in [0.05, 0.1) is 16.6 Å². The fraction of sp³-hybridized carbons (Fsp3) is 0.525. The average Bonchev–Trinajstić information content (AvgIpc) is 3.59. The number of hydrogen-bond donors (Lipinski definition) is 2. The van der Waals surface area contributed by atoms with Crippen LogP contribution < -0.4 is 0 Å². The van der Waals surface area contributed by atoms with Gasteiger partial charge in [-0.15, -0.1) is 11.3 Å². The van der Waals surface area contributed by atoms with Gasteiger partial charge in [0.2, 0.25) is 0 Å². The molecule has 2 aromatic carbocycles. The van der Waals surface area contributed by atoms with Crippen molar-refractivity contribution >= 4 is 27.2 Å². The topological polar surface area (TPSA) is 60.8 Å². The van der Waals surface area contributed by atoms with Gasteiger partial charge in [-0.1, -0.05) is 74.5 Å². The van der Waals surface area contributed by atoms with Crippen molar-refractivity contribution in [2.24, 2.45) is 33.5 Å². The van der Waals surface area contributed by atoms with Crippen molar-refractivity contribution in [3.63, 3.8) is 0 Å². The number of aliphatic hydroxyl groups is 2. The van der Waals surface area contributed by atoms with E-state index in [2.05, 4.69) is 79.4 Å². The van der Waals surface area contributed by atoms with Gasteiger partial charge in [0.25, 0.3) is 0 Å². The number of nitrogens with zero attached hydrogens (tertiary/aromatic N) is 1. The average molecular weight is 620 g/mol. The van der Waals surface area contributed by atoms with E-state index >= 15 is 0 Å². The first kappa shape index (κ1) is 28.6. The summed E-state index contributed by atoms with van der Waals surface area (Å²) in [7, 11) is 0. The second-order valence-electron chi connectivity index (χ2n) is 16.0. The van der Waals surface area contributed by atoms with E-state index in [9.17, 15) is 15.0 Å². The lowest BCUT2D eigenvalue weighted by molar-refractivity contribution is -0.176. The first-order valence-corrected chi connectivity index (χ1v) is 18.1. The Labute approximate surface area is 270 Å². The Morgan fingerprint density at radius 2 is 1.67 bits per heavy atom. The largest absolute Gasteiger partial charge is 0.393 e. The van der Waals surface area contributed by atoms with Crippen LogP contribution in [0.4, 0.5) is 0 Å². The van der Waals surface area contributed by atoms with Crippen LogP contribution >= 0.6 is 11.3 Å². The SMILES string of the molecule is C[C@]12CC[C@H]3[C@]4(C=C[C@@]5(C=C4C(=O)c4cc6ccccc6s4)CC(O)CC[C@]35C)[C@@H]1CC[C@@]2(O)CN1CCc2ccccc2C1. The number of benzene rings is 2. The molecule has 1 aliphatic heterocycles. The van der Waals surface area contributed by atoms with Gasteiger partial charge in [-0.25, -0.2) is 0 Å². The van der Waals surface area contributed by atoms with Crippen LogP contribution in [0.1, 0.15) is 79.6 Å². The quantitative estimate of drug-likeness (QED) is 0.232. The van der Waals surface area contributed by atoms with Crippen LogP contribution in [0.15, 0.2) is 78.4 Å². The third-order valence-electron chi connectivity index (χ3n) is 14.3. The second-order valence-corrected chi connectivity index (χ2v) is 17.1. The van der Waals surface area contributed by atoms with Crippen molar-refractivity contribution in [3.8, 4) is 0 Å². The van der Waals surface area contributed by atoms with Crippen molar-refractivity contribution in [1.82, 2.24) is 4.90 Å². The molecule has 3 aromatic rings. The van der Waals surface area contributed by atoms with Crippen LogP contribution in [-0.4, -0.2) is 45.7 Å². The Morgan fingerprint density at radius 3 is 2.51 bits per heavy atom. The molecule has 10 rings (SSSR count). The van der Waals surface area contributed by atoms with Crippen molar-refractivity contribution < 1.29 is 15.0 Å². The van der Waals surface area contributed by atoms with Crippen LogP contribution in [0.5, 0.6) is 0 Å². The van der Waals surface area contributed by atoms with Crippen LogP contribution in [0.2, 0.25) is 0 Å². The molecule has 4 nitrogen and oxygen atoms in total. The lowest BCUT2D eigenvalue weighted by Gasteiger charge is -2.71. The molecule has 0 radical (unpaired) electrons. The maximum atomic E-state index is 14.9. The van der Waals surface area contributed by atoms with Gasteiger partial charge >= 0.3 is 0 Å². The molecule has 3 fully saturated rings. The van der Waals surface area contributed by atoms with Crippen LogP contribution in [-0.2, 0) is 13.0 Å². The predicted octanol–water partition coefficient (Wildman–Crippen LogP) is 7.73. The van der Waals surface area contributed by atoms with Crippen LogP contribution in [0.25, 0.3) is 10.1 Å². The molecule has 2 spiro atoms. The molecule has 2 N–H and O–H groups in total. The van der Waals surface area contributed by atoms with Crippen molar-refractivity contribution in [3.05, 3.63) is 94.4 Å². The molecule has 3 saturated carbocycles. The van der Waals surface area contributed by atoms with E-state index in [1.165, 1.54) is 11.1 Å². The molecular formula is C40H45NO3S. The fourth-order valence-electron chi connectivity index (χ4n) is 11.9. The van der Waals surface area contributed by atoms with E-state index < -0.39 is 11.0 Å². The molecule has 8 atom stereocenters. The number of aliphatic hydroxyl groups excluding tert-OH is 1. The van der Waals surface area contributed by atoms with Gasteiger partial charge in [-0.3, -0.25) is 9.69 Å². The summed E-state index contributed by atoms with van der Waals surface area (Å²) in [5.74, 6) is 0.677. The third-order valence-corrected chi connectivity index (χ3v) is 15.4. The summed E-state index contributed by atoms with van der Waals surface area (Å²) < 4.78 is 1.15. The zero-order valence-corrected chi connectivity index (χ0v) is 27.4. The number of fused-ring (bicyclic) bond motifs is 3. The van der Waals surface area contributed by atoms with E-state index in [4.69, 9.17) is 0 Å². The zero-order valence-electron chi connectivity index (χ0n) is 26.6. The van der Waals surface area contributed by atoms with E-state index in [1.54, 1.807) is 11.3 Å². The molecule has 5 heteroatoms. The summed E-state index contributed by atoms with van der Waals surface area (Å²) in [6.45, 7) is 7.40. The zero-order chi connectivity index (χ0) is 30.8. The smallest absolute Gasteiger partial charge is 0.199 e. The first-order valence-electron chi connectivity index (χ1n) is 17.3. The molecule has 1 aromatic heterocycles. The Balaban J connectivity index is 1.14. The van der Waals surface area contributed by atoms with Crippen LogP contribution in [0.3, 0.4) is 0 Å². The molecule has 0 amide bonds. The summed E-state index contributed by atoms with van der Waals surface area (Å²) in [5.41, 5.74) is 1.96. The normalized spacial score (nSPS) is 41.7. The van der Waals surface area contributed by atoms with Crippen LogP contribution in [0, 0.1) is 33.5 Å². The second kappa shape index (κ2) is 9.50. The molecular weight excluding hydrogens is 575 g/mol. The first-order chi connectivity index (χ1) is 21.6. The lowest BCUT2D eigenvalue weighted by atomic mass is 9.32. The summed E-state index contributed by atoms with van der Waals surface area (Å²) >= 11 is 1.61. The number of β-amino-alcohol motifs (C(OH)–C–C–N with tert-alkyl or cyclic N) is 1. The number of rotatable bonds is 4. The maximum Gasteiger partial charge on any atom is 0.199 e. The summed E-state index contributed by atoms with van der Waals surface area (Å²) in [5, 5.41) is 25.0.